The number of aliphatic hydroxyl groups is 1. The van der Waals surface area contributed by atoms with E-state index in [0.29, 0.717) is 6.42 Å². The highest BCUT2D eigenvalue weighted by Crippen LogP contribution is 1.97. The van der Waals surface area contributed by atoms with Gasteiger partial charge in [-0.15, -0.1) is 0 Å². The zero-order valence-corrected chi connectivity index (χ0v) is 5.33. The van der Waals surface area contributed by atoms with E-state index in [0.717, 1.165) is 5.56 Å². The van der Waals surface area contributed by atoms with Crippen LogP contribution in [0.2, 0.25) is 0 Å². The van der Waals surface area contributed by atoms with Gasteiger partial charge in [-0.05, 0) is 12.5 Å². The lowest BCUT2D eigenvalue weighted by molar-refractivity contribution is 0.195. The van der Waals surface area contributed by atoms with Crippen molar-refractivity contribution in [1.29, 1.82) is 0 Å². The molecule has 0 aliphatic heterocycles. The molecule has 0 saturated heterocycles. The molecule has 0 amide bonds. The van der Waals surface area contributed by atoms with Gasteiger partial charge in [0.05, 0.1) is 12.3 Å². The van der Waals surface area contributed by atoms with Crippen LogP contribution in [0.3, 0.4) is 0 Å². The van der Waals surface area contributed by atoms with E-state index in [2.05, 4.69) is 10.2 Å². The Morgan fingerprint density at radius 2 is 2.67 bits per heavy atom. The summed E-state index contributed by atoms with van der Waals surface area (Å²) in [5.74, 6) is 0. The number of aromatic nitrogens is 2. The summed E-state index contributed by atoms with van der Waals surface area (Å²) in [5.41, 5.74) is 1.05. The number of nitrogens with zero attached hydrogens (tertiary/aromatic N) is 1. The van der Waals surface area contributed by atoms with Gasteiger partial charge in [-0.25, -0.2) is 0 Å². The van der Waals surface area contributed by atoms with E-state index in [1.165, 1.54) is 0 Å². The van der Waals surface area contributed by atoms with Crippen molar-refractivity contribution >= 4 is 0 Å². The Balaban J connectivity index is 2.48. The summed E-state index contributed by atoms with van der Waals surface area (Å²) in [6, 6.07) is 0. The molecule has 3 heteroatoms. The maximum absolute atomic E-state index is 8.88. The molecule has 1 heterocycles. The van der Waals surface area contributed by atoms with E-state index in [-0.39, 0.29) is 6.10 Å². The van der Waals surface area contributed by atoms with Crippen molar-refractivity contribution in [2.24, 2.45) is 0 Å². The lowest BCUT2D eigenvalue weighted by Crippen LogP contribution is -2.02. The minimum atomic E-state index is -0.275. The van der Waals surface area contributed by atoms with Gasteiger partial charge in [0.25, 0.3) is 0 Å². The van der Waals surface area contributed by atoms with Crippen molar-refractivity contribution in [1.82, 2.24) is 10.2 Å². The molecule has 0 bridgehead atoms. The van der Waals surface area contributed by atoms with Gasteiger partial charge < -0.3 is 5.11 Å². The smallest absolute Gasteiger partial charge is 0.0553 e. The second-order valence-corrected chi connectivity index (χ2v) is 2.16. The molecule has 0 radical (unpaired) electrons. The van der Waals surface area contributed by atoms with Gasteiger partial charge in [0.1, 0.15) is 0 Å². The standard InChI is InChI=1S/C6H10N2O/c1-5(9)2-6-3-7-8-4-6/h3-5,9H,2H2,1H3,(H,7,8). The largest absolute Gasteiger partial charge is 0.393 e. The SMILES string of the molecule is CC(O)Cc1cn[nH]c1. The quantitative estimate of drug-likeness (QED) is 0.600. The van der Waals surface area contributed by atoms with Crippen molar-refractivity contribution in [3.05, 3.63) is 18.0 Å². The Labute approximate surface area is 53.7 Å². The molecule has 1 unspecified atom stereocenters. The molecule has 2 N–H and O–H groups in total. The predicted molar refractivity (Wildman–Crippen MR) is 34.0 cm³/mol. The minimum Gasteiger partial charge on any atom is -0.393 e. The lowest BCUT2D eigenvalue weighted by atomic mass is 10.2. The average Bonchev–Trinajstić information content (AvgIpc) is 2.15. The number of aromatic amines is 1. The van der Waals surface area contributed by atoms with Crippen molar-refractivity contribution in [2.75, 3.05) is 0 Å². The number of H-pyrrole nitrogens is 1. The van der Waals surface area contributed by atoms with E-state index in [1.807, 2.05) is 0 Å². The van der Waals surface area contributed by atoms with Crippen molar-refractivity contribution in [3.63, 3.8) is 0 Å². The highest BCUT2D eigenvalue weighted by atomic mass is 16.3. The van der Waals surface area contributed by atoms with Crippen molar-refractivity contribution in [2.45, 2.75) is 19.4 Å². The lowest BCUT2D eigenvalue weighted by Gasteiger charge is -1.97. The van der Waals surface area contributed by atoms with Gasteiger partial charge in [-0.3, -0.25) is 5.10 Å². The van der Waals surface area contributed by atoms with Gasteiger partial charge in [-0.2, -0.15) is 5.10 Å². The molecule has 1 rings (SSSR count). The third-order valence-electron chi connectivity index (χ3n) is 1.09. The summed E-state index contributed by atoms with van der Waals surface area (Å²) in [6.07, 6.45) is 3.90. The molecule has 1 atom stereocenters. The van der Waals surface area contributed by atoms with E-state index in [9.17, 15) is 0 Å². The summed E-state index contributed by atoms with van der Waals surface area (Å²) < 4.78 is 0. The van der Waals surface area contributed by atoms with Crippen LogP contribution in [0.4, 0.5) is 0 Å². The van der Waals surface area contributed by atoms with Crippen LogP contribution in [0.5, 0.6) is 0 Å². The third-order valence-corrected chi connectivity index (χ3v) is 1.09. The first-order chi connectivity index (χ1) is 4.29. The van der Waals surface area contributed by atoms with Crippen LogP contribution in [-0.4, -0.2) is 21.4 Å². The topological polar surface area (TPSA) is 48.9 Å². The van der Waals surface area contributed by atoms with Crippen LogP contribution in [0.25, 0.3) is 0 Å². The van der Waals surface area contributed by atoms with E-state index in [1.54, 1.807) is 19.3 Å². The van der Waals surface area contributed by atoms with E-state index >= 15 is 0 Å². The highest BCUT2D eigenvalue weighted by Gasteiger charge is 1.97. The Kier molecular flexibility index (Phi) is 1.85. The zero-order chi connectivity index (χ0) is 6.69. The van der Waals surface area contributed by atoms with Crippen LogP contribution < -0.4 is 0 Å². The average molecular weight is 126 g/mol. The normalized spacial score (nSPS) is 13.6. The van der Waals surface area contributed by atoms with Crippen molar-refractivity contribution < 1.29 is 5.11 Å². The Hall–Kier alpha value is -0.830. The maximum Gasteiger partial charge on any atom is 0.0553 e. The summed E-state index contributed by atoms with van der Waals surface area (Å²) in [6.45, 7) is 1.76. The number of nitrogens with one attached hydrogen (secondary N) is 1. The fourth-order valence-electron chi connectivity index (χ4n) is 0.730. The molecule has 9 heavy (non-hydrogen) atoms. The molecule has 0 aromatic carbocycles. The molecular weight excluding hydrogens is 116 g/mol. The molecule has 1 aromatic heterocycles. The van der Waals surface area contributed by atoms with E-state index < -0.39 is 0 Å². The first-order valence-corrected chi connectivity index (χ1v) is 2.95. The van der Waals surface area contributed by atoms with E-state index in [4.69, 9.17) is 5.11 Å². The molecule has 0 fully saturated rings. The van der Waals surface area contributed by atoms with Crippen LogP contribution >= 0.6 is 0 Å². The Bertz CT molecular complexity index is 158. The summed E-state index contributed by atoms with van der Waals surface area (Å²) in [4.78, 5) is 0. The number of hydrogen-bond acceptors (Lipinski definition) is 2. The predicted octanol–water partition coefficient (Wildman–Crippen LogP) is 0.333. The molecule has 3 nitrogen and oxygen atoms in total. The second kappa shape index (κ2) is 2.64. The number of rotatable bonds is 2. The third kappa shape index (κ3) is 1.85. The molecule has 0 aliphatic carbocycles. The fourth-order valence-corrected chi connectivity index (χ4v) is 0.730. The molecule has 0 aliphatic rings. The summed E-state index contributed by atoms with van der Waals surface area (Å²) in [5, 5.41) is 15.3. The highest BCUT2D eigenvalue weighted by molar-refractivity contribution is 5.03. The first kappa shape index (κ1) is 6.29. The number of aliphatic hydroxyl groups excluding tert-OH is 1. The van der Waals surface area contributed by atoms with Crippen LogP contribution in [0, 0.1) is 0 Å². The van der Waals surface area contributed by atoms with Gasteiger partial charge in [-0.1, -0.05) is 0 Å². The molecular formula is C6H10N2O. The van der Waals surface area contributed by atoms with Crippen LogP contribution in [0.15, 0.2) is 12.4 Å². The second-order valence-electron chi connectivity index (χ2n) is 2.16. The first-order valence-electron chi connectivity index (χ1n) is 2.95. The maximum atomic E-state index is 8.88. The fraction of sp³-hybridized carbons (Fsp3) is 0.500. The van der Waals surface area contributed by atoms with Crippen LogP contribution in [-0.2, 0) is 6.42 Å². The summed E-state index contributed by atoms with van der Waals surface area (Å²) >= 11 is 0. The molecule has 1 aromatic rings. The number of hydrogen-bond donors (Lipinski definition) is 2. The van der Waals surface area contributed by atoms with Crippen molar-refractivity contribution in [3.8, 4) is 0 Å². The summed E-state index contributed by atoms with van der Waals surface area (Å²) in [7, 11) is 0. The minimum absolute atomic E-state index is 0.275. The van der Waals surface area contributed by atoms with Gasteiger partial charge in [0, 0.05) is 12.6 Å². The molecule has 50 valence electrons. The Morgan fingerprint density at radius 1 is 1.89 bits per heavy atom. The Morgan fingerprint density at radius 3 is 3.11 bits per heavy atom. The molecule has 0 spiro atoms. The monoisotopic (exact) mass is 126 g/mol. The zero-order valence-electron chi connectivity index (χ0n) is 5.33. The van der Waals surface area contributed by atoms with Crippen LogP contribution in [0.1, 0.15) is 12.5 Å². The van der Waals surface area contributed by atoms with Gasteiger partial charge in [0.15, 0.2) is 0 Å². The molecule has 0 saturated carbocycles. The van der Waals surface area contributed by atoms with Gasteiger partial charge in [0.2, 0.25) is 0 Å². The van der Waals surface area contributed by atoms with Gasteiger partial charge >= 0.3 is 0 Å².